The summed E-state index contributed by atoms with van der Waals surface area (Å²) < 4.78 is 31.7. The minimum absolute atomic E-state index is 0.0253. The quantitative estimate of drug-likeness (QED) is 0.412. The molecule has 0 bridgehead atoms. The number of fused-ring (bicyclic) bond motifs is 2. The van der Waals surface area contributed by atoms with Crippen LogP contribution in [0.3, 0.4) is 0 Å². The number of benzene rings is 1. The summed E-state index contributed by atoms with van der Waals surface area (Å²) >= 11 is 6.52. The number of nitrogens with one attached hydrogen (secondary N) is 2. The topological polar surface area (TPSA) is 80.0 Å². The van der Waals surface area contributed by atoms with E-state index in [1.165, 1.54) is 0 Å². The first-order valence-electron chi connectivity index (χ1n) is 9.93. The summed E-state index contributed by atoms with van der Waals surface area (Å²) in [6.07, 6.45) is 5.92. The second kappa shape index (κ2) is 6.89. The number of aromatic amines is 1. The third-order valence-electron chi connectivity index (χ3n) is 5.68. The number of pyridine rings is 1. The Balaban J connectivity index is 1.45. The molecule has 1 aromatic carbocycles. The third-order valence-corrected chi connectivity index (χ3v) is 6.04. The van der Waals surface area contributed by atoms with Crippen molar-refractivity contribution in [2.75, 3.05) is 5.32 Å². The summed E-state index contributed by atoms with van der Waals surface area (Å²) in [6, 6.07) is 8.81. The second-order valence-electron chi connectivity index (χ2n) is 7.76. The fraction of sp³-hybridized carbons (Fsp3) is 0.136. The monoisotopic (exact) mass is 452 g/mol. The lowest BCUT2D eigenvalue weighted by Gasteiger charge is -2.13. The van der Waals surface area contributed by atoms with Gasteiger partial charge in [-0.3, -0.25) is 9.89 Å². The van der Waals surface area contributed by atoms with Crippen LogP contribution >= 0.6 is 11.6 Å². The van der Waals surface area contributed by atoms with Crippen LogP contribution < -0.4 is 5.32 Å². The smallest absolute Gasteiger partial charge is 0.231 e. The molecule has 6 rings (SSSR count). The maximum absolute atomic E-state index is 15.4. The maximum Gasteiger partial charge on any atom is 0.231 e. The highest BCUT2D eigenvalue weighted by Crippen LogP contribution is 2.41. The Labute approximate surface area is 184 Å². The van der Waals surface area contributed by atoms with E-state index in [4.69, 9.17) is 11.6 Å². The van der Waals surface area contributed by atoms with Crippen LogP contribution in [0.2, 0.25) is 5.02 Å². The van der Waals surface area contributed by atoms with Crippen LogP contribution in [0.15, 0.2) is 55.1 Å². The maximum atomic E-state index is 15.4. The van der Waals surface area contributed by atoms with Crippen LogP contribution in [0.25, 0.3) is 33.2 Å². The Morgan fingerprint density at radius 3 is 2.78 bits per heavy atom. The summed E-state index contributed by atoms with van der Waals surface area (Å²) in [6.45, 7) is 0. The minimum Gasteiger partial charge on any atom is -0.319 e. The van der Waals surface area contributed by atoms with E-state index in [2.05, 4.69) is 20.6 Å². The molecule has 0 unspecified atom stereocenters. The first-order chi connectivity index (χ1) is 15.5. The van der Waals surface area contributed by atoms with Crippen LogP contribution in [0.5, 0.6) is 0 Å². The van der Waals surface area contributed by atoms with E-state index < -0.39 is 17.9 Å². The molecular weight excluding hydrogens is 438 g/mol. The van der Waals surface area contributed by atoms with E-state index in [1.54, 1.807) is 64.2 Å². The van der Waals surface area contributed by atoms with Gasteiger partial charge >= 0.3 is 0 Å². The summed E-state index contributed by atoms with van der Waals surface area (Å²) in [5.74, 6) is -1.24. The van der Waals surface area contributed by atoms with Crippen molar-refractivity contribution in [1.29, 1.82) is 0 Å². The Kier molecular flexibility index (Phi) is 4.09. The molecule has 2 N–H and O–H groups in total. The van der Waals surface area contributed by atoms with E-state index in [1.807, 2.05) is 0 Å². The zero-order valence-electron chi connectivity index (χ0n) is 16.4. The van der Waals surface area contributed by atoms with Crippen molar-refractivity contribution in [3.05, 3.63) is 66.0 Å². The first kappa shape index (κ1) is 19.0. The zero-order chi connectivity index (χ0) is 22.0. The van der Waals surface area contributed by atoms with Crippen molar-refractivity contribution < 1.29 is 13.6 Å². The van der Waals surface area contributed by atoms with Crippen molar-refractivity contribution in [2.45, 2.75) is 12.6 Å². The average molecular weight is 453 g/mol. The van der Waals surface area contributed by atoms with Crippen molar-refractivity contribution in [1.82, 2.24) is 24.4 Å². The molecule has 160 valence electrons. The lowest BCUT2D eigenvalue weighted by atomic mass is 10.0. The number of carbonyl (C=O) groups is 1. The molecule has 7 nitrogen and oxygen atoms in total. The molecule has 32 heavy (non-hydrogen) atoms. The number of alkyl halides is 1. The van der Waals surface area contributed by atoms with Crippen LogP contribution in [0, 0.1) is 11.7 Å². The number of rotatable bonds is 4. The molecule has 0 aliphatic heterocycles. The van der Waals surface area contributed by atoms with Gasteiger partial charge in [0.2, 0.25) is 5.91 Å². The van der Waals surface area contributed by atoms with Gasteiger partial charge in [-0.1, -0.05) is 11.6 Å². The lowest BCUT2D eigenvalue weighted by Crippen LogP contribution is -2.15. The molecule has 0 saturated heterocycles. The van der Waals surface area contributed by atoms with Crippen molar-refractivity contribution >= 4 is 39.7 Å². The van der Waals surface area contributed by atoms with E-state index in [-0.39, 0.29) is 23.0 Å². The number of hydrogen-bond acceptors (Lipinski definition) is 3. The Bertz CT molecular complexity index is 1510. The van der Waals surface area contributed by atoms with E-state index in [0.717, 1.165) is 0 Å². The predicted molar refractivity (Wildman–Crippen MR) is 116 cm³/mol. The van der Waals surface area contributed by atoms with Gasteiger partial charge in [0, 0.05) is 35.6 Å². The molecule has 4 heterocycles. The molecule has 0 spiro atoms. The van der Waals surface area contributed by atoms with Crippen molar-refractivity contribution in [3.63, 3.8) is 0 Å². The minimum atomic E-state index is -1.08. The number of carbonyl (C=O) groups excluding carboxylic acids is 1. The summed E-state index contributed by atoms with van der Waals surface area (Å²) in [4.78, 5) is 12.0. The van der Waals surface area contributed by atoms with Gasteiger partial charge < -0.3 is 9.88 Å². The zero-order valence-corrected chi connectivity index (χ0v) is 17.1. The molecular formula is C22H15ClF2N6O. The molecule has 1 aliphatic carbocycles. The molecule has 1 saturated carbocycles. The average Bonchev–Trinajstić information content (AvgIpc) is 3.21. The Morgan fingerprint density at radius 2 is 2.03 bits per heavy atom. The SMILES string of the molecule is O=C(Nc1cc2cc(-c3c(Cl)c(F)c(-n4cccc4)c4[nH]ncc34)ccn2n1)[C@@H]1C[C@@H]1F. The van der Waals surface area contributed by atoms with Crippen LogP contribution in [0.4, 0.5) is 14.6 Å². The van der Waals surface area contributed by atoms with E-state index >= 15 is 4.39 Å². The van der Waals surface area contributed by atoms with Gasteiger partial charge in [-0.05, 0) is 36.2 Å². The molecule has 1 fully saturated rings. The van der Waals surface area contributed by atoms with Gasteiger partial charge in [-0.2, -0.15) is 10.2 Å². The van der Waals surface area contributed by atoms with Crippen molar-refractivity contribution in [2.24, 2.45) is 5.92 Å². The summed E-state index contributed by atoms with van der Waals surface area (Å²) in [5.41, 5.74) is 2.63. The summed E-state index contributed by atoms with van der Waals surface area (Å²) in [7, 11) is 0. The number of nitrogens with zero attached hydrogens (tertiary/aromatic N) is 4. The number of H-pyrrole nitrogens is 1. The number of amides is 1. The van der Waals surface area contributed by atoms with Gasteiger partial charge in [0.1, 0.15) is 11.9 Å². The number of halogens is 3. The Morgan fingerprint density at radius 1 is 1.25 bits per heavy atom. The van der Waals surface area contributed by atoms with Gasteiger partial charge in [-0.25, -0.2) is 13.3 Å². The number of anilines is 1. The van der Waals surface area contributed by atoms with Gasteiger partial charge in [0.05, 0.1) is 28.2 Å². The fourth-order valence-corrected chi connectivity index (χ4v) is 4.27. The highest BCUT2D eigenvalue weighted by atomic mass is 35.5. The second-order valence-corrected chi connectivity index (χ2v) is 8.14. The predicted octanol–water partition coefficient (Wildman–Crippen LogP) is 4.76. The van der Waals surface area contributed by atoms with Crippen LogP contribution in [-0.2, 0) is 4.79 Å². The van der Waals surface area contributed by atoms with E-state index in [9.17, 15) is 9.18 Å². The number of hydrogen-bond donors (Lipinski definition) is 2. The first-order valence-corrected chi connectivity index (χ1v) is 10.3. The third kappa shape index (κ3) is 2.89. The number of aromatic nitrogens is 5. The largest absolute Gasteiger partial charge is 0.319 e. The Hall–Kier alpha value is -3.72. The molecule has 1 aliphatic rings. The molecule has 0 radical (unpaired) electrons. The van der Waals surface area contributed by atoms with Gasteiger partial charge in [0.25, 0.3) is 0 Å². The van der Waals surface area contributed by atoms with E-state index in [0.29, 0.717) is 33.4 Å². The van der Waals surface area contributed by atoms with Crippen molar-refractivity contribution in [3.8, 4) is 16.8 Å². The molecule has 10 heteroatoms. The molecule has 5 aromatic rings. The highest BCUT2D eigenvalue weighted by Gasteiger charge is 2.43. The van der Waals surface area contributed by atoms with Crippen LogP contribution in [0.1, 0.15) is 6.42 Å². The lowest BCUT2D eigenvalue weighted by molar-refractivity contribution is -0.117. The van der Waals surface area contributed by atoms with Gasteiger partial charge in [-0.15, -0.1) is 0 Å². The molecule has 2 atom stereocenters. The molecule has 1 amide bonds. The fourth-order valence-electron chi connectivity index (χ4n) is 3.97. The normalized spacial score (nSPS) is 17.8. The molecule has 4 aromatic heterocycles. The van der Waals surface area contributed by atoms with Gasteiger partial charge in [0.15, 0.2) is 11.6 Å². The summed E-state index contributed by atoms with van der Waals surface area (Å²) in [5, 5.41) is 14.6. The van der Waals surface area contributed by atoms with Crippen LogP contribution in [-0.4, -0.2) is 36.5 Å². The standard InChI is InChI=1S/C22H15ClF2N6O/c23-18-17(14-10-26-28-20(14)21(19(18)25)30-4-1-2-5-30)11-3-6-31-12(7-11)8-16(29-31)27-22(32)13-9-15(13)24/h1-8,10,13,15H,9H2,(H,26,28)(H,27,29,32)/t13-,15+/m1/s1. The highest BCUT2D eigenvalue weighted by molar-refractivity contribution is 6.35.